The third kappa shape index (κ3) is 6.34. The number of anilines is 6. The van der Waals surface area contributed by atoms with Gasteiger partial charge in [0.15, 0.2) is 0 Å². The van der Waals surface area contributed by atoms with Gasteiger partial charge in [-0.1, -0.05) is 142 Å². The lowest BCUT2D eigenvalue weighted by Gasteiger charge is -2.62. The van der Waals surface area contributed by atoms with E-state index in [1.165, 1.54) is 137 Å². The van der Waals surface area contributed by atoms with Crippen LogP contribution in [0.15, 0.2) is 176 Å². The second kappa shape index (κ2) is 15.4. The number of nitrogens with zero attached hydrogens (tertiary/aromatic N) is 2. The first-order chi connectivity index (χ1) is 31.0. The van der Waals surface area contributed by atoms with Crippen LogP contribution in [0.2, 0.25) is 0 Å². The Hall–Kier alpha value is -5.86. The van der Waals surface area contributed by atoms with Crippen LogP contribution in [0, 0.1) is 23.7 Å². The third-order valence-corrected chi connectivity index (χ3v) is 16.7. The van der Waals surface area contributed by atoms with Gasteiger partial charge in [0.05, 0.1) is 5.69 Å². The van der Waals surface area contributed by atoms with Gasteiger partial charge in [0, 0.05) is 39.3 Å². The zero-order valence-electron chi connectivity index (χ0n) is 37.1. The Labute approximate surface area is 375 Å². The minimum Gasteiger partial charge on any atom is -0.311 e. The molecule has 5 fully saturated rings. The molecule has 0 amide bonds. The highest BCUT2D eigenvalue weighted by Gasteiger charge is 2.58. The molecule has 6 aliphatic rings. The van der Waals surface area contributed by atoms with Crippen molar-refractivity contribution >= 4 is 34.1 Å². The molecule has 0 saturated heterocycles. The molecule has 0 atom stereocenters. The molecular formula is C61H60N2. The lowest BCUT2D eigenvalue weighted by molar-refractivity contribution is -0.0418. The van der Waals surface area contributed by atoms with Gasteiger partial charge < -0.3 is 9.80 Å². The van der Waals surface area contributed by atoms with E-state index in [9.17, 15) is 0 Å². The summed E-state index contributed by atoms with van der Waals surface area (Å²) < 4.78 is 0. The molecule has 13 rings (SSSR count). The van der Waals surface area contributed by atoms with Crippen LogP contribution in [0.3, 0.4) is 0 Å². The lowest BCUT2D eigenvalue weighted by atomic mass is 9.42. The van der Waals surface area contributed by atoms with Gasteiger partial charge in [0.1, 0.15) is 0 Å². The zero-order chi connectivity index (χ0) is 42.1. The maximum atomic E-state index is 2.54. The maximum absolute atomic E-state index is 2.54. The fourth-order valence-corrected chi connectivity index (χ4v) is 14.2. The van der Waals surface area contributed by atoms with Crippen molar-refractivity contribution in [1.29, 1.82) is 0 Å². The Morgan fingerprint density at radius 2 is 0.889 bits per heavy atom. The van der Waals surface area contributed by atoms with Crippen molar-refractivity contribution in [2.45, 2.75) is 94.8 Å². The normalized spacial score (nSPS) is 24.2. The van der Waals surface area contributed by atoms with E-state index in [-0.39, 0.29) is 10.8 Å². The van der Waals surface area contributed by atoms with E-state index in [0.29, 0.717) is 17.8 Å². The molecule has 0 heterocycles. The van der Waals surface area contributed by atoms with Gasteiger partial charge in [-0.3, -0.25) is 0 Å². The smallest absolute Gasteiger partial charge is 0.0508 e. The van der Waals surface area contributed by atoms with E-state index < -0.39 is 0 Å². The molecule has 7 aromatic rings. The largest absolute Gasteiger partial charge is 0.311 e. The van der Waals surface area contributed by atoms with Crippen LogP contribution in [0.25, 0.3) is 11.1 Å². The number of rotatable bonds is 9. The van der Waals surface area contributed by atoms with E-state index in [1.54, 1.807) is 0 Å². The summed E-state index contributed by atoms with van der Waals surface area (Å²) in [6.45, 7) is 4.81. The number of hydrogen-bond acceptors (Lipinski definition) is 2. The minimum absolute atomic E-state index is 0.00108. The third-order valence-electron chi connectivity index (χ3n) is 16.7. The predicted octanol–water partition coefficient (Wildman–Crippen LogP) is 16.7. The molecule has 5 saturated carbocycles. The highest BCUT2D eigenvalue weighted by atomic mass is 15.1. The second-order valence-corrected chi connectivity index (χ2v) is 20.4. The molecule has 0 unspecified atom stereocenters. The van der Waals surface area contributed by atoms with Crippen LogP contribution in [-0.2, 0) is 10.8 Å². The molecule has 7 aromatic carbocycles. The zero-order valence-corrected chi connectivity index (χ0v) is 37.1. The summed E-state index contributed by atoms with van der Waals surface area (Å²) in [5.74, 6) is 3.78. The van der Waals surface area contributed by atoms with Crippen LogP contribution in [0.5, 0.6) is 0 Å². The molecule has 2 nitrogen and oxygen atoms in total. The van der Waals surface area contributed by atoms with E-state index in [1.807, 2.05) is 0 Å². The summed E-state index contributed by atoms with van der Waals surface area (Å²) in [5.41, 5.74) is 17.2. The van der Waals surface area contributed by atoms with Gasteiger partial charge in [0.25, 0.3) is 0 Å². The van der Waals surface area contributed by atoms with Crippen LogP contribution in [0.1, 0.15) is 112 Å². The number of benzene rings is 7. The van der Waals surface area contributed by atoms with E-state index >= 15 is 0 Å². The van der Waals surface area contributed by atoms with E-state index in [0.717, 1.165) is 11.8 Å². The van der Waals surface area contributed by atoms with Crippen molar-refractivity contribution in [3.05, 3.63) is 204 Å². The van der Waals surface area contributed by atoms with Crippen LogP contribution >= 0.6 is 0 Å². The minimum atomic E-state index is -0.124. The molecule has 0 aromatic heterocycles. The van der Waals surface area contributed by atoms with Crippen molar-refractivity contribution < 1.29 is 0 Å². The summed E-state index contributed by atoms with van der Waals surface area (Å²) >= 11 is 0. The molecule has 0 spiro atoms. The molecule has 0 aliphatic heterocycles. The predicted molar refractivity (Wildman–Crippen MR) is 263 cm³/mol. The summed E-state index contributed by atoms with van der Waals surface area (Å²) in [7, 11) is 0. The average molecular weight is 821 g/mol. The first-order valence-corrected chi connectivity index (χ1v) is 24.2. The molecule has 0 radical (unpaired) electrons. The molecule has 6 aliphatic carbocycles. The molecule has 63 heavy (non-hydrogen) atoms. The molecular weight excluding hydrogens is 761 g/mol. The van der Waals surface area contributed by atoms with Crippen molar-refractivity contribution in [3.63, 3.8) is 0 Å². The lowest BCUT2D eigenvalue weighted by Crippen LogP contribution is -2.56. The summed E-state index contributed by atoms with van der Waals surface area (Å²) in [6.07, 6.45) is 13.6. The molecule has 4 bridgehead atoms. The maximum Gasteiger partial charge on any atom is 0.0508 e. The monoisotopic (exact) mass is 820 g/mol. The Balaban J connectivity index is 0.943. The summed E-state index contributed by atoms with van der Waals surface area (Å²) in [6, 6.07) is 67.4. The van der Waals surface area contributed by atoms with Crippen molar-refractivity contribution in [2.24, 2.45) is 23.7 Å². The van der Waals surface area contributed by atoms with Gasteiger partial charge in [-0.2, -0.15) is 0 Å². The Morgan fingerprint density at radius 1 is 0.413 bits per heavy atom. The number of fused-ring (bicyclic) bond motifs is 3. The first kappa shape index (κ1) is 38.8. The van der Waals surface area contributed by atoms with E-state index in [4.69, 9.17) is 0 Å². The van der Waals surface area contributed by atoms with Crippen LogP contribution < -0.4 is 9.80 Å². The van der Waals surface area contributed by atoms with E-state index in [2.05, 4.69) is 200 Å². The van der Waals surface area contributed by atoms with Gasteiger partial charge in [-0.25, -0.2) is 0 Å². The first-order valence-electron chi connectivity index (χ1n) is 24.2. The standard InChI is InChI=1S/C61H60N2/c1-60(2)57-23-13-12-21-55(57)56-22-14-24-58(59(56)60)63(51-19-10-5-11-20-51)54-35-29-47(30-36-54)61(48-38-42-37-43(40-48)41-49(61)39-42)46-27-33-53(34-28-46)62(50-17-8-4-9-18-50)52-31-25-45(26-32-52)44-15-6-3-7-16-44/h4-5,8-14,17-36,42-44,48-49H,3,6-7,15-16,37-41H2,1-2H3. The van der Waals surface area contributed by atoms with Gasteiger partial charge >= 0.3 is 0 Å². The Morgan fingerprint density at radius 3 is 1.48 bits per heavy atom. The van der Waals surface area contributed by atoms with Gasteiger partial charge in [0.2, 0.25) is 0 Å². The van der Waals surface area contributed by atoms with Crippen LogP contribution in [0.4, 0.5) is 34.1 Å². The SMILES string of the molecule is CC1(C)c2ccccc2-c2cccc(N(c3ccccc3)c3ccc(C4(c5ccc(N(c6ccccc6)c6ccc(C7CCCCC7)cc6)cc5)C5CC6CC(C5)CC4C6)cc3)c21. The fourth-order valence-electron chi connectivity index (χ4n) is 14.2. The summed E-state index contributed by atoms with van der Waals surface area (Å²) in [5, 5.41) is 0. The van der Waals surface area contributed by atoms with Crippen molar-refractivity contribution in [2.75, 3.05) is 9.80 Å². The molecule has 2 heteroatoms. The highest BCUT2D eigenvalue weighted by Crippen LogP contribution is 2.65. The Kier molecular flexibility index (Phi) is 9.51. The highest BCUT2D eigenvalue weighted by molar-refractivity contribution is 5.90. The Bertz CT molecular complexity index is 2700. The molecule has 0 N–H and O–H groups in total. The van der Waals surface area contributed by atoms with Gasteiger partial charge in [-0.15, -0.1) is 0 Å². The number of para-hydroxylation sites is 2. The topological polar surface area (TPSA) is 6.48 Å². The summed E-state index contributed by atoms with van der Waals surface area (Å²) in [4.78, 5) is 4.99. The number of hydrogen-bond donors (Lipinski definition) is 0. The van der Waals surface area contributed by atoms with Gasteiger partial charge in [-0.05, 0) is 180 Å². The fraction of sp³-hybridized carbons (Fsp3) is 0.311. The molecule has 314 valence electrons. The van der Waals surface area contributed by atoms with Crippen LogP contribution in [-0.4, -0.2) is 0 Å². The second-order valence-electron chi connectivity index (χ2n) is 20.4. The van der Waals surface area contributed by atoms with Crippen molar-refractivity contribution in [1.82, 2.24) is 0 Å². The average Bonchev–Trinajstić information content (AvgIpc) is 3.57. The van der Waals surface area contributed by atoms with Crippen molar-refractivity contribution in [3.8, 4) is 11.1 Å². The quantitative estimate of drug-likeness (QED) is 0.143.